The van der Waals surface area contributed by atoms with Gasteiger partial charge in [-0.05, 0) is 106 Å². The molecule has 0 saturated carbocycles. The highest BCUT2D eigenvalue weighted by molar-refractivity contribution is 14.1. The van der Waals surface area contributed by atoms with E-state index in [1.807, 2.05) is 0 Å². The van der Waals surface area contributed by atoms with Gasteiger partial charge in [0.15, 0.2) is 34.9 Å². The molecular formula is C60H70I2N6. The van der Waals surface area contributed by atoms with Crippen LogP contribution in [-0.4, -0.2) is 29.9 Å². The van der Waals surface area contributed by atoms with Gasteiger partial charge in [-0.15, -0.1) is 0 Å². The molecule has 0 fully saturated rings. The van der Waals surface area contributed by atoms with Gasteiger partial charge in [-0.2, -0.15) is 0 Å². The van der Waals surface area contributed by atoms with Crippen molar-refractivity contribution in [2.75, 3.05) is 0 Å². The molecule has 0 aliphatic carbocycles. The lowest BCUT2D eigenvalue weighted by atomic mass is 10.0. The van der Waals surface area contributed by atoms with Crippen LogP contribution < -0.4 is 0 Å². The lowest BCUT2D eigenvalue weighted by molar-refractivity contribution is 0.556. The molecule has 0 spiro atoms. The predicted molar refractivity (Wildman–Crippen MR) is 302 cm³/mol. The van der Waals surface area contributed by atoms with E-state index in [1.54, 1.807) is 0 Å². The fraction of sp³-hybridized carbons (Fsp3) is 0.400. The zero-order valence-corrected chi connectivity index (χ0v) is 44.9. The number of hydrogen-bond donors (Lipinski definition) is 0. The maximum absolute atomic E-state index is 5.08. The Balaban J connectivity index is 1.06. The number of aromatic nitrogens is 6. The normalized spacial score (nSPS) is 11.4. The first-order valence-electron chi connectivity index (χ1n) is 25.8. The Morgan fingerprint density at radius 1 is 0.250 bits per heavy atom. The summed E-state index contributed by atoms with van der Waals surface area (Å²) in [6.45, 7) is 4.57. The third kappa shape index (κ3) is 16.3. The summed E-state index contributed by atoms with van der Waals surface area (Å²) in [7, 11) is 0. The van der Waals surface area contributed by atoms with Crippen molar-refractivity contribution in [2.24, 2.45) is 0 Å². The number of hydrogen-bond acceptors (Lipinski definition) is 6. The van der Waals surface area contributed by atoms with Crippen LogP contribution in [0.3, 0.4) is 0 Å². The van der Waals surface area contributed by atoms with E-state index in [-0.39, 0.29) is 0 Å². The second-order valence-electron chi connectivity index (χ2n) is 18.5. The Kier molecular flexibility index (Phi) is 21.4. The Hall–Kier alpha value is -4.42. The Labute approximate surface area is 434 Å². The third-order valence-corrected chi connectivity index (χ3v) is 14.4. The third-order valence-electron chi connectivity index (χ3n) is 12.9. The molecule has 5 aromatic carbocycles. The Morgan fingerprint density at radius 3 is 0.676 bits per heavy atom. The average Bonchev–Trinajstić information content (AvgIpc) is 3.38. The molecule has 354 valence electrons. The highest BCUT2D eigenvalue weighted by Gasteiger charge is 2.16. The molecule has 2 aromatic heterocycles. The Bertz CT molecular complexity index is 2360. The fourth-order valence-corrected chi connectivity index (χ4v) is 9.49. The standard InChI is InChI=1S/C60H70I2N6/c1-3-5-7-9-11-13-15-17-19-21-23-45-25-29-47(30-26-45)55-63-57(67-59(65-55)51-37-41-53(61)42-38-51)49-33-35-50(36-34-49)58-64-56(66-60(68-58)52-39-43-54(62)44-40-52)48-31-27-46(28-32-48)24-22-20-18-16-14-12-10-8-6-4-2/h25-44H,3-24H2,1-2H3. The summed E-state index contributed by atoms with van der Waals surface area (Å²) in [5.74, 6) is 3.88. The van der Waals surface area contributed by atoms with Crippen molar-refractivity contribution in [1.82, 2.24) is 29.9 Å². The molecule has 8 heteroatoms. The minimum Gasteiger partial charge on any atom is -0.208 e. The van der Waals surface area contributed by atoms with Crippen molar-refractivity contribution in [3.63, 3.8) is 0 Å². The molecule has 6 nitrogen and oxygen atoms in total. The average molecular weight is 1130 g/mol. The van der Waals surface area contributed by atoms with Gasteiger partial charge >= 0.3 is 0 Å². The van der Waals surface area contributed by atoms with E-state index in [4.69, 9.17) is 29.9 Å². The van der Waals surface area contributed by atoms with Gasteiger partial charge in [-0.1, -0.05) is 226 Å². The second kappa shape index (κ2) is 28.3. The Morgan fingerprint density at radius 2 is 0.441 bits per heavy atom. The van der Waals surface area contributed by atoms with Gasteiger partial charge < -0.3 is 0 Å². The van der Waals surface area contributed by atoms with Crippen LogP contribution in [0.1, 0.15) is 153 Å². The summed E-state index contributed by atoms with van der Waals surface area (Å²) < 4.78 is 2.33. The molecule has 68 heavy (non-hydrogen) atoms. The smallest absolute Gasteiger partial charge is 0.164 e. The maximum atomic E-state index is 5.08. The van der Waals surface area contributed by atoms with Crippen molar-refractivity contribution in [3.8, 4) is 68.3 Å². The van der Waals surface area contributed by atoms with Crippen LogP contribution in [0.15, 0.2) is 121 Å². The number of nitrogens with zero attached hydrogens (tertiary/aromatic N) is 6. The summed E-state index contributed by atoms with van der Waals surface area (Å²) in [6.07, 6.45) is 29.2. The van der Waals surface area contributed by atoms with Crippen LogP contribution in [0.5, 0.6) is 0 Å². The van der Waals surface area contributed by atoms with Gasteiger partial charge in [0.25, 0.3) is 0 Å². The minimum atomic E-state index is 0.623. The predicted octanol–water partition coefficient (Wildman–Crippen LogP) is 18.2. The van der Waals surface area contributed by atoms with Gasteiger partial charge in [-0.25, -0.2) is 29.9 Å². The molecule has 0 amide bonds. The molecule has 0 atom stereocenters. The summed E-state index contributed by atoms with van der Waals surface area (Å²) in [6, 6.07) is 42.6. The molecule has 0 bridgehead atoms. The van der Waals surface area contributed by atoms with Crippen molar-refractivity contribution < 1.29 is 0 Å². The highest BCUT2D eigenvalue weighted by atomic mass is 127. The molecule has 0 N–H and O–H groups in total. The van der Waals surface area contributed by atoms with Crippen molar-refractivity contribution in [1.29, 1.82) is 0 Å². The minimum absolute atomic E-state index is 0.623. The first-order valence-corrected chi connectivity index (χ1v) is 27.9. The van der Waals surface area contributed by atoms with E-state index in [0.29, 0.717) is 34.9 Å². The zero-order chi connectivity index (χ0) is 47.2. The monoisotopic (exact) mass is 1130 g/mol. The molecule has 0 radical (unpaired) electrons. The number of rotatable bonds is 28. The molecule has 0 saturated heterocycles. The van der Waals surface area contributed by atoms with Gasteiger partial charge in [0.1, 0.15) is 0 Å². The molecule has 0 aliphatic heterocycles. The maximum Gasteiger partial charge on any atom is 0.164 e. The molecule has 7 rings (SSSR count). The highest BCUT2D eigenvalue weighted by Crippen LogP contribution is 2.30. The summed E-state index contributed by atoms with van der Waals surface area (Å²) in [4.78, 5) is 30.3. The van der Waals surface area contributed by atoms with Crippen LogP contribution in [-0.2, 0) is 12.8 Å². The van der Waals surface area contributed by atoms with E-state index in [2.05, 4.69) is 180 Å². The van der Waals surface area contributed by atoms with E-state index in [1.165, 1.54) is 140 Å². The zero-order valence-electron chi connectivity index (χ0n) is 40.5. The fourth-order valence-electron chi connectivity index (χ4n) is 8.77. The summed E-state index contributed by atoms with van der Waals surface area (Å²) in [5, 5.41) is 0. The lowest BCUT2D eigenvalue weighted by Gasteiger charge is -2.11. The van der Waals surface area contributed by atoms with E-state index in [9.17, 15) is 0 Å². The van der Waals surface area contributed by atoms with Crippen molar-refractivity contribution in [2.45, 2.75) is 155 Å². The van der Waals surface area contributed by atoms with E-state index < -0.39 is 0 Å². The quantitative estimate of drug-likeness (QED) is 0.0359. The van der Waals surface area contributed by atoms with Crippen LogP contribution in [0.25, 0.3) is 68.3 Å². The number of halogens is 2. The summed E-state index contributed by atoms with van der Waals surface area (Å²) in [5.41, 5.74) is 8.39. The molecule has 0 unspecified atom stereocenters. The SMILES string of the molecule is CCCCCCCCCCCCc1ccc(-c2nc(-c3ccc(I)cc3)nc(-c3ccc(-c4nc(-c5ccc(I)cc5)nc(-c5ccc(CCCCCCCCCCCC)cc5)n4)cc3)n2)cc1. The van der Waals surface area contributed by atoms with Crippen molar-refractivity contribution >= 4 is 45.2 Å². The lowest BCUT2D eigenvalue weighted by Crippen LogP contribution is -2.01. The van der Waals surface area contributed by atoms with Gasteiger partial charge in [0.2, 0.25) is 0 Å². The number of aryl methyl sites for hydroxylation is 2. The summed E-state index contributed by atoms with van der Waals surface area (Å²) >= 11 is 4.68. The van der Waals surface area contributed by atoms with E-state index in [0.717, 1.165) is 53.4 Å². The number of unbranched alkanes of at least 4 members (excludes halogenated alkanes) is 18. The molecule has 7 aromatic rings. The van der Waals surface area contributed by atoms with Gasteiger partial charge in [0, 0.05) is 40.5 Å². The van der Waals surface area contributed by atoms with Crippen LogP contribution >= 0.6 is 45.2 Å². The molecule has 0 aliphatic rings. The largest absolute Gasteiger partial charge is 0.208 e. The van der Waals surface area contributed by atoms with Crippen LogP contribution in [0.2, 0.25) is 0 Å². The van der Waals surface area contributed by atoms with Gasteiger partial charge in [0.05, 0.1) is 0 Å². The molecule has 2 heterocycles. The first-order chi connectivity index (χ1) is 33.4. The number of benzene rings is 5. The second-order valence-corrected chi connectivity index (χ2v) is 21.0. The van der Waals surface area contributed by atoms with Crippen molar-refractivity contribution in [3.05, 3.63) is 140 Å². The first kappa shape index (κ1) is 51.4. The van der Waals surface area contributed by atoms with Gasteiger partial charge in [-0.3, -0.25) is 0 Å². The topological polar surface area (TPSA) is 77.3 Å². The van der Waals surface area contributed by atoms with Crippen LogP contribution in [0.4, 0.5) is 0 Å². The molecular weight excluding hydrogens is 1060 g/mol. The van der Waals surface area contributed by atoms with E-state index >= 15 is 0 Å². The van der Waals surface area contributed by atoms with Crippen LogP contribution in [0, 0.1) is 7.14 Å².